The van der Waals surface area contributed by atoms with E-state index >= 15 is 0 Å². The number of rotatable bonds is 6. The third kappa shape index (κ3) is 3.77. The fraction of sp³-hybridized carbons (Fsp3) is 0.500. The molecule has 0 bridgehead atoms. The van der Waals surface area contributed by atoms with Gasteiger partial charge in [0.1, 0.15) is 5.75 Å². The first-order chi connectivity index (χ1) is 9.29. The number of benzene rings is 1. The van der Waals surface area contributed by atoms with Gasteiger partial charge in [0.25, 0.3) is 0 Å². The van der Waals surface area contributed by atoms with Gasteiger partial charge in [-0.15, -0.1) is 6.58 Å². The number of hydrogen-bond acceptors (Lipinski definition) is 3. The van der Waals surface area contributed by atoms with E-state index in [0.29, 0.717) is 6.61 Å². The van der Waals surface area contributed by atoms with Crippen molar-refractivity contribution in [3.8, 4) is 5.75 Å². The fourth-order valence-corrected chi connectivity index (χ4v) is 2.76. The lowest BCUT2D eigenvalue weighted by atomic mass is 9.83. The minimum atomic E-state index is 0.155. The third-order valence-corrected chi connectivity index (χ3v) is 4.43. The third-order valence-electron chi connectivity index (χ3n) is 3.76. The lowest BCUT2D eigenvalue weighted by Gasteiger charge is -2.35. The van der Waals surface area contributed by atoms with Gasteiger partial charge in [-0.05, 0) is 36.6 Å². The molecule has 1 aliphatic rings. The highest BCUT2D eigenvalue weighted by Gasteiger charge is 2.32. The highest BCUT2D eigenvalue weighted by atomic mass is 32.1. The Morgan fingerprint density at radius 1 is 1.32 bits per heavy atom. The summed E-state index contributed by atoms with van der Waals surface area (Å²) in [7, 11) is 0. The van der Waals surface area contributed by atoms with Crippen molar-refractivity contribution in [2.75, 3.05) is 25.6 Å². The Morgan fingerprint density at radius 2 is 2.05 bits per heavy atom. The standard InChI is InChI=1S/C16H22O2S/c1-2-5-14-6-3-4-7-15(14)18-12-16(13-19)8-10-17-11-9-16/h2-4,6-7,19H,1,5,8-13H2. The van der Waals surface area contributed by atoms with Gasteiger partial charge < -0.3 is 9.47 Å². The first kappa shape index (κ1) is 14.5. The van der Waals surface area contributed by atoms with E-state index in [1.807, 2.05) is 24.3 Å². The highest BCUT2D eigenvalue weighted by Crippen LogP contribution is 2.33. The molecular weight excluding hydrogens is 256 g/mol. The summed E-state index contributed by atoms with van der Waals surface area (Å²) in [5.74, 6) is 1.81. The molecule has 1 saturated heterocycles. The second-order valence-electron chi connectivity index (χ2n) is 5.16. The van der Waals surface area contributed by atoms with Crippen molar-refractivity contribution in [1.29, 1.82) is 0 Å². The lowest BCUT2D eigenvalue weighted by Crippen LogP contribution is -2.37. The van der Waals surface area contributed by atoms with Gasteiger partial charge in [0, 0.05) is 18.6 Å². The molecule has 1 aliphatic heterocycles. The van der Waals surface area contributed by atoms with Crippen LogP contribution in [0, 0.1) is 5.41 Å². The van der Waals surface area contributed by atoms with Crippen molar-refractivity contribution in [3.05, 3.63) is 42.5 Å². The molecular formula is C16H22O2S. The van der Waals surface area contributed by atoms with Crippen LogP contribution in [0.2, 0.25) is 0 Å². The molecule has 2 nitrogen and oxygen atoms in total. The first-order valence-corrected chi connectivity index (χ1v) is 7.43. The van der Waals surface area contributed by atoms with Crippen LogP contribution in [0.25, 0.3) is 0 Å². The van der Waals surface area contributed by atoms with Gasteiger partial charge in [0.15, 0.2) is 0 Å². The van der Waals surface area contributed by atoms with Gasteiger partial charge in [-0.1, -0.05) is 24.3 Å². The van der Waals surface area contributed by atoms with E-state index < -0.39 is 0 Å². The van der Waals surface area contributed by atoms with Crippen LogP contribution in [-0.2, 0) is 11.2 Å². The smallest absolute Gasteiger partial charge is 0.122 e. The largest absolute Gasteiger partial charge is 0.493 e. The average Bonchev–Trinajstić information content (AvgIpc) is 2.48. The van der Waals surface area contributed by atoms with Gasteiger partial charge in [-0.3, -0.25) is 0 Å². The Kier molecular flexibility index (Phi) is 5.34. The zero-order valence-corrected chi connectivity index (χ0v) is 12.2. The molecule has 0 aromatic heterocycles. The van der Waals surface area contributed by atoms with Crippen molar-refractivity contribution in [2.45, 2.75) is 19.3 Å². The van der Waals surface area contributed by atoms with E-state index in [1.54, 1.807) is 0 Å². The molecule has 19 heavy (non-hydrogen) atoms. The van der Waals surface area contributed by atoms with Crippen LogP contribution in [-0.4, -0.2) is 25.6 Å². The molecule has 0 radical (unpaired) electrons. The number of allylic oxidation sites excluding steroid dienone is 1. The van der Waals surface area contributed by atoms with E-state index in [-0.39, 0.29) is 5.41 Å². The van der Waals surface area contributed by atoms with Crippen LogP contribution in [0.3, 0.4) is 0 Å². The molecule has 0 unspecified atom stereocenters. The maximum Gasteiger partial charge on any atom is 0.122 e. The summed E-state index contributed by atoms with van der Waals surface area (Å²) < 4.78 is 11.5. The van der Waals surface area contributed by atoms with E-state index in [9.17, 15) is 0 Å². The van der Waals surface area contributed by atoms with Crippen molar-refractivity contribution >= 4 is 12.6 Å². The first-order valence-electron chi connectivity index (χ1n) is 6.80. The van der Waals surface area contributed by atoms with Crippen LogP contribution >= 0.6 is 12.6 Å². The van der Waals surface area contributed by atoms with E-state index in [0.717, 1.165) is 44.0 Å². The van der Waals surface area contributed by atoms with E-state index in [4.69, 9.17) is 9.47 Å². The Bertz CT molecular complexity index is 411. The van der Waals surface area contributed by atoms with Gasteiger partial charge in [0.2, 0.25) is 0 Å². The molecule has 1 aromatic rings. The summed E-state index contributed by atoms with van der Waals surface area (Å²) in [6, 6.07) is 8.17. The summed E-state index contributed by atoms with van der Waals surface area (Å²) in [6.45, 7) is 6.14. The molecule has 0 aliphatic carbocycles. The molecule has 0 atom stereocenters. The quantitative estimate of drug-likeness (QED) is 0.634. The normalized spacial score (nSPS) is 17.9. The fourth-order valence-electron chi connectivity index (χ4n) is 2.35. The monoisotopic (exact) mass is 278 g/mol. The molecule has 1 aromatic carbocycles. The maximum absolute atomic E-state index is 6.07. The molecule has 1 heterocycles. The van der Waals surface area contributed by atoms with Crippen LogP contribution in [0.5, 0.6) is 5.75 Å². The number of hydrogen-bond donors (Lipinski definition) is 1. The van der Waals surface area contributed by atoms with Gasteiger partial charge in [-0.2, -0.15) is 12.6 Å². The van der Waals surface area contributed by atoms with Crippen molar-refractivity contribution in [2.24, 2.45) is 5.41 Å². The minimum absolute atomic E-state index is 0.155. The molecule has 0 N–H and O–H groups in total. The zero-order valence-electron chi connectivity index (χ0n) is 11.3. The summed E-state index contributed by atoms with van der Waals surface area (Å²) in [5, 5.41) is 0. The summed E-state index contributed by atoms with van der Waals surface area (Å²) in [6.07, 6.45) is 4.80. The summed E-state index contributed by atoms with van der Waals surface area (Å²) in [5.41, 5.74) is 1.35. The highest BCUT2D eigenvalue weighted by molar-refractivity contribution is 7.80. The topological polar surface area (TPSA) is 18.5 Å². The molecule has 2 rings (SSSR count). The molecule has 104 valence electrons. The summed E-state index contributed by atoms with van der Waals surface area (Å²) in [4.78, 5) is 0. The van der Waals surface area contributed by atoms with Gasteiger partial charge >= 0.3 is 0 Å². The van der Waals surface area contributed by atoms with Crippen molar-refractivity contribution in [1.82, 2.24) is 0 Å². The molecule has 0 saturated carbocycles. The maximum atomic E-state index is 6.07. The van der Waals surface area contributed by atoms with Crippen molar-refractivity contribution < 1.29 is 9.47 Å². The van der Waals surface area contributed by atoms with Crippen LogP contribution in [0.15, 0.2) is 36.9 Å². The van der Waals surface area contributed by atoms with Gasteiger partial charge in [0.05, 0.1) is 6.61 Å². The van der Waals surface area contributed by atoms with Gasteiger partial charge in [-0.25, -0.2) is 0 Å². The predicted molar refractivity (Wildman–Crippen MR) is 82.2 cm³/mol. The second kappa shape index (κ2) is 7.01. The SMILES string of the molecule is C=CCc1ccccc1OCC1(CS)CCOCC1. The predicted octanol–water partition coefficient (Wildman–Crippen LogP) is 3.52. The summed E-state index contributed by atoms with van der Waals surface area (Å²) >= 11 is 4.51. The average molecular weight is 278 g/mol. The van der Waals surface area contributed by atoms with E-state index in [2.05, 4.69) is 25.3 Å². The Labute approximate surface area is 121 Å². The second-order valence-corrected chi connectivity index (χ2v) is 5.48. The number of ether oxygens (including phenoxy) is 2. The lowest BCUT2D eigenvalue weighted by molar-refractivity contribution is 0.00297. The Balaban J connectivity index is 2.02. The van der Waals surface area contributed by atoms with E-state index in [1.165, 1.54) is 5.56 Å². The minimum Gasteiger partial charge on any atom is -0.493 e. The number of para-hydroxylation sites is 1. The molecule has 0 spiro atoms. The number of thiol groups is 1. The Hall–Kier alpha value is -0.930. The van der Waals surface area contributed by atoms with Crippen LogP contribution < -0.4 is 4.74 Å². The van der Waals surface area contributed by atoms with Crippen LogP contribution in [0.4, 0.5) is 0 Å². The van der Waals surface area contributed by atoms with Crippen molar-refractivity contribution in [3.63, 3.8) is 0 Å². The molecule has 3 heteroatoms. The zero-order chi connectivity index (χ0) is 13.6. The molecule has 0 amide bonds. The molecule has 1 fully saturated rings. The Morgan fingerprint density at radius 3 is 2.74 bits per heavy atom. The van der Waals surface area contributed by atoms with Crippen LogP contribution in [0.1, 0.15) is 18.4 Å².